The molecule has 0 saturated carbocycles. The molecule has 0 radical (unpaired) electrons. The second kappa shape index (κ2) is 4.30. The Bertz CT molecular complexity index is 211. The first-order valence-electron chi connectivity index (χ1n) is 5.78. The van der Waals surface area contributed by atoms with Crippen molar-refractivity contribution in [1.82, 2.24) is 10.2 Å². The molecule has 2 fully saturated rings. The molecule has 0 aromatic carbocycles. The predicted molar refractivity (Wildman–Crippen MR) is 56.1 cm³/mol. The molecule has 2 aliphatic rings. The number of nitrogens with zero attached hydrogens (tertiary/aromatic N) is 1. The van der Waals surface area contributed by atoms with Gasteiger partial charge in [0.1, 0.15) is 0 Å². The summed E-state index contributed by atoms with van der Waals surface area (Å²) in [5.41, 5.74) is 0. The molecule has 0 aromatic rings. The molecule has 1 N–H and O–H groups in total. The molecule has 3 heteroatoms. The normalized spacial score (nSPS) is 34.6. The summed E-state index contributed by atoms with van der Waals surface area (Å²) in [6.07, 6.45) is 6.85. The van der Waals surface area contributed by atoms with Crippen LogP contribution in [0.25, 0.3) is 0 Å². The Balaban J connectivity index is 1.97. The SMILES string of the molecule is CN1C(=O)CCCC1C1CCCCN1. The van der Waals surface area contributed by atoms with E-state index in [1.54, 1.807) is 0 Å². The molecule has 2 heterocycles. The van der Waals surface area contributed by atoms with Crippen molar-refractivity contribution in [2.75, 3.05) is 13.6 Å². The molecule has 2 saturated heterocycles. The van der Waals surface area contributed by atoms with Gasteiger partial charge in [0.15, 0.2) is 0 Å². The van der Waals surface area contributed by atoms with E-state index >= 15 is 0 Å². The highest BCUT2D eigenvalue weighted by atomic mass is 16.2. The quantitative estimate of drug-likeness (QED) is 0.682. The first-order valence-corrected chi connectivity index (χ1v) is 5.78. The van der Waals surface area contributed by atoms with E-state index in [0.29, 0.717) is 18.0 Å². The van der Waals surface area contributed by atoms with Crippen LogP contribution in [0.1, 0.15) is 38.5 Å². The van der Waals surface area contributed by atoms with Gasteiger partial charge in [0, 0.05) is 25.6 Å². The number of nitrogens with one attached hydrogen (secondary N) is 1. The van der Waals surface area contributed by atoms with E-state index in [1.807, 2.05) is 11.9 Å². The van der Waals surface area contributed by atoms with E-state index in [-0.39, 0.29) is 0 Å². The Kier molecular flexibility index (Phi) is 3.06. The number of carbonyl (C=O) groups is 1. The second-order valence-corrected chi connectivity index (χ2v) is 4.52. The number of carbonyl (C=O) groups excluding carboxylic acids is 1. The fraction of sp³-hybridized carbons (Fsp3) is 0.909. The van der Waals surface area contributed by atoms with Gasteiger partial charge < -0.3 is 10.2 Å². The van der Waals surface area contributed by atoms with E-state index in [9.17, 15) is 4.79 Å². The van der Waals surface area contributed by atoms with Crippen molar-refractivity contribution < 1.29 is 4.79 Å². The molecular weight excluding hydrogens is 176 g/mol. The van der Waals surface area contributed by atoms with Crippen LogP contribution in [0.15, 0.2) is 0 Å². The lowest BCUT2D eigenvalue weighted by molar-refractivity contribution is -0.135. The van der Waals surface area contributed by atoms with E-state index < -0.39 is 0 Å². The van der Waals surface area contributed by atoms with Crippen molar-refractivity contribution in [2.45, 2.75) is 50.6 Å². The summed E-state index contributed by atoms with van der Waals surface area (Å²) in [7, 11) is 1.96. The third kappa shape index (κ3) is 1.92. The van der Waals surface area contributed by atoms with Gasteiger partial charge >= 0.3 is 0 Å². The molecule has 1 amide bonds. The fourth-order valence-corrected chi connectivity index (χ4v) is 2.70. The van der Waals surface area contributed by atoms with E-state index in [0.717, 1.165) is 19.4 Å². The molecule has 2 unspecified atom stereocenters. The lowest BCUT2D eigenvalue weighted by Crippen LogP contribution is -2.54. The molecule has 0 bridgehead atoms. The Morgan fingerprint density at radius 3 is 2.86 bits per heavy atom. The highest BCUT2D eigenvalue weighted by Gasteiger charge is 2.31. The van der Waals surface area contributed by atoms with Crippen LogP contribution in [0, 0.1) is 0 Å². The molecular formula is C11H20N2O. The van der Waals surface area contributed by atoms with Gasteiger partial charge in [0.2, 0.25) is 5.91 Å². The van der Waals surface area contributed by atoms with E-state index in [1.165, 1.54) is 25.7 Å². The van der Waals surface area contributed by atoms with Crippen LogP contribution in [-0.4, -0.2) is 36.5 Å². The van der Waals surface area contributed by atoms with Crippen molar-refractivity contribution in [2.24, 2.45) is 0 Å². The van der Waals surface area contributed by atoms with Crippen molar-refractivity contribution in [3.63, 3.8) is 0 Å². The zero-order valence-corrected chi connectivity index (χ0v) is 8.96. The minimum absolute atomic E-state index is 0.327. The first kappa shape index (κ1) is 9.97. The number of amides is 1. The van der Waals surface area contributed by atoms with Crippen molar-refractivity contribution in [1.29, 1.82) is 0 Å². The van der Waals surface area contributed by atoms with Crippen molar-refractivity contribution in [3.05, 3.63) is 0 Å². The van der Waals surface area contributed by atoms with Crippen LogP contribution in [0.3, 0.4) is 0 Å². The van der Waals surface area contributed by atoms with E-state index in [4.69, 9.17) is 0 Å². The third-order valence-corrected chi connectivity index (χ3v) is 3.59. The number of hydrogen-bond acceptors (Lipinski definition) is 2. The number of likely N-dealkylation sites (tertiary alicyclic amines) is 1. The van der Waals surface area contributed by atoms with Crippen LogP contribution in [-0.2, 0) is 4.79 Å². The van der Waals surface area contributed by atoms with Gasteiger partial charge in [0.05, 0.1) is 0 Å². The Labute approximate surface area is 85.8 Å². The van der Waals surface area contributed by atoms with Gasteiger partial charge in [0.25, 0.3) is 0 Å². The maximum Gasteiger partial charge on any atom is 0.222 e. The fourth-order valence-electron chi connectivity index (χ4n) is 2.70. The van der Waals surface area contributed by atoms with Crippen molar-refractivity contribution in [3.8, 4) is 0 Å². The molecule has 2 atom stereocenters. The summed E-state index contributed by atoms with van der Waals surface area (Å²) >= 11 is 0. The zero-order chi connectivity index (χ0) is 9.97. The Morgan fingerprint density at radius 1 is 1.29 bits per heavy atom. The van der Waals surface area contributed by atoms with Gasteiger partial charge in [-0.15, -0.1) is 0 Å². The summed E-state index contributed by atoms with van der Waals surface area (Å²) < 4.78 is 0. The maximum atomic E-state index is 11.5. The first-order chi connectivity index (χ1) is 6.79. The smallest absolute Gasteiger partial charge is 0.222 e. The second-order valence-electron chi connectivity index (χ2n) is 4.52. The monoisotopic (exact) mass is 196 g/mol. The minimum atomic E-state index is 0.327. The molecule has 0 aromatic heterocycles. The molecule has 2 aliphatic heterocycles. The molecule has 2 rings (SSSR count). The third-order valence-electron chi connectivity index (χ3n) is 3.59. The van der Waals surface area contributed by atoms with Crippen LogP contribution in [0.2, 0.25) is 0 Å². The lowest BCUT2D eigenvalue weighted by Gasteiger charge is -2.40. The van der Waals surface area contributed by atoms with Crippen LogP contribution < -0.4 is 5.32 Å². The Hall–Kier alpha value is -0.570. The van der Waals surface area contributed by atoms with Gasteiger partial charge in [-0.1, -0.05) is 6.42 Å². The van der Waals surface area contributed by atoms with Crippen LogP contribution >= 0.6 is 0 Å². The van der Waals surface area contributed by atoms with Gasteiger partial charge in [-0.25, -0.2) is 0 Å². The highest BCUT2D eigenvalue weighted by molar-refractivity contribution is 5.77. The highest BCUT2D eigenvalue weighted by Crippen LogP contribution is 2.23. The molecule has 0 aliphatic carbocycles. The Morgan fingerprint density at radius 2 is 2.14 bits per heavy atom. The average Bonchev–Trinajstić information content (AvgIpc) is 2.23. The summed E-state index contributed by atoms with van der Waals surface area (Å²) in [4.78, 5) is 13.5. The van der Waals surface area contributed by atoms with Gasteiger partial charge in [-0.3, -0.25) is 4.79 Å². The zero-order valence-electron chi connectivity index (χ0n) is 8.96. The summed E-state index contributed by atoms with van der Waals surface area (Å²) in [6.45, 7) is 1.13. The number of piperidine rings is 2. The lowest BCUT2D eigenvalue weighted by atomic mass is 9.90. The van der Waals surface area contributed by atoms with Gasteiger partial charge in [-0.05, 0) is 32.2 Å². The summed E-state index contributed by atoms with van der Waals surface area (Å²) in [5.74, 6) is 0.327. The number of hydrogen-bond donors (Lipinski definition) is 1. The van der Waals surface area contributed by atoms with Gasteiger partial charge in [-0.2, -0.15) is 0 Å². The topological polar surface area (TPSA) is 32.3 Å². The standard InChI is InChI=1S/C11H20N2O/c1-13-10(6-4-7-11(13)14)9-5-2-3-8-12-9/h9-10,12H,2-8H2,1H3. The molecule has 3 nitrogen and oxygen atoms in total. The predicted octanol–water partition coefficient (Wildman–Crippen LogP) is 1.14. The summed E-state index contributed by atoms with van der Waals surface area (Å²) in [6, 6.07) is 1.01. The number of rotatable bonds is 1. The average molecular weight is 196 g/mol. The minimum Gasteiger partial charge on any atom is -0.341 e. The maximum absolute atomic E-state index is 11.5. The van der Waals surface area contributed by atoms with Crippen molar-refractivity contribution >= 4 is 5.91 Å². The van der Waals surface area contributed by atoms with Crippen LogP contribution in [0.4, 0.5) is 0 Å². The largest absolute Gasteiger partial charge is 0.341 e. The number of likely N-dealkylation sites (N-methyl/N-ethyl adjacent to an activating group) is 1. The summed E-state index contributed by atoms with van der Waals surface area (Å²) in [5, 5.41) is 3.55. The molecule has 80 valence electrons. The molecule has 0 spiro atoms. The van der Waals surface area contributed by atoms with E-state index in [2.05, 4.69) is 5.32 Å². The molecule has 14 heavy (non-hydrogen) atoms. The van der Waals surface area contributed by atoms with Crippen LogP contribution in [0.5, 0.6) is 0 Å².